The average molecular weight is 300 g/mol. The van der Waals surface area contributed by atoms with Gasteiger partial charge in [-0.3, -0.25) is 4.79 Å². The summed E-state index contributed by atoms with van der Waals surface area (Å²) < 4.78 is 0. The van der Waals surface area contributed by atoms with Crippen LogP contribution in [0.5, 0.6) is 0 Å². The molecule has 0 N–H and O–H groups in total. The fourth-order valence-electron chi connectivity index (χ4n) is 3.90. The summed E-state index contributed by atoms with van der Waals surface area (Å²) in [5, 5.41) is 2.14. The van der Waals surface area contributed by atoms with Crippen LogP contribution in [0.3, 0.4) is 0 Å². The Balaban J connectivity index is 1.66. The van der Waals surface area contributed by atoms with Crippen LogP contribution in [0.1, 0.15) is 51.0 Å². The third kappa shape index (κ3) is 3.11. The van der Waals surface area contributed by atoms with E-state index < -0.39 is 0 Å². The summed E-state index contributed by atoms with van der Waals surface area (Å²) in [6.45, 7) is 2.22. The van der Waals surface area contributed by atoms with Gasteiger partial charge in [-0.15, -0.1) is 11.8 Å². The highest BCUT2D eigenvalue weighted by molar-refractivity contribution is 8.01. The Kier molecular flexibility index (Phi) is 4.54. The summed E-state index contributed by atoms with van der Waals surface area (Å²) in [7, 11) is 0. The van der Waals surface area contributed by atoms with E-state index in [4.69, 9.17) is 0 Å². The highest BCUT2D eigenvalue weighted by atomic mass is 32.2. The second kappa shape index (κ2) is 6.39. The van der Waals surface area contributed by atoms with Crippen LogP contribution in [0.15, 0.2) is 41.3 Å². The third-order valence-corrected chi connectivity index (χ3v) is 6.24. The predicted molar refractivity (Wildman–Crippen MR) is 90.1 cm³/mol. The van der Waals surface area contributed by atoms with Gasteiger partial charge >= 0.3 is 0 Å². The van der Waals surface area contributed by atoms with E-state index in [2.05, 4.69) is 36.6 Å². The second-order valence-corrected chi connectivity index (χ2v) is 7.53. The molecule has 2 atom stereocenters. The van der Waals surface area contributed by atoms with E-state index in [1.165, 1.54) is 31.2 Å². The maximum Gasteiger partial charge on any atom is 0.165 e. The average Bonchev–Trinajstić information content (AvgIpc) is 2.51. The van der Waals surface area contributed by atoms with E-state index >= 15 is 0 Å². The van der Waals surface area contributed by atoms with Crippen LogP contribution in [0.2, 0.25) is 0 Å². The van der Waals surface area contributed by atoms with Gasteiger partial charge in [0.05, 0.1) is 0 Å². The van der Waals surface area contributed by atoms with Crippen molar-refractivity contribution >= 4 is 17.5 Å². The molecule has 2 aliphatic carbocycles. The van der Waals surface area contributed by atoms with Gasteiger partial charge in [0.15, 0.2) is 5.78 Å². The molecule has 3 rings (SSSR count). The Hall–Kier alpha value is -1.02. The molecule has 0 bridgehead atoms. The Morgan fingerprint density at radius 3 is 2.86 bits per heavy atom. The molecule has 112 valence electrons. The summed E-state index contributed by atoms with van der Waals surface area (Å²) in [6, 6.07) is 10.5. The molecule has 0 amide bonds. The van der Waals surface area contributed by atoms with Crippen LogP contribution in [0.25, 0.3) is 0 Å². The molecule has 0 spiro atoms. The van der Waals surface area contributed by atoms with Gasteiger partial charge in [-0.2, -0.15) is 0 Å². The Morgan fingerprint density at radius 1 is 1.24 bits per heavy atom. The van der Waals surface area contributed by atoms with Crippen LogP contribution in [0, 0.1) is 11.3 Å². The first-order chi connectivity index (χ1) is 10.2. The molecule has 0 saturated heterocycles. The maximum absolute atomic E-state index is 12.8. The van der Waals surface area contributed by atoms with Crippen LogP contribution in [-0.4, -0.2) is 5.78 Å². The number of carbonyl (C=O) groups is 1. The summed E-state index contributed by atoms with van der Waals surface area (Å²) >= 11 is 1.77. The van der Waals surface area contributed by atoms with Crippen molar-refractivity contribution in [1.82, 2.24) is 0 Å². The van der Waals surface area contributed by atoms with E-state index in [9.17, 15) is 4.79 Å². The fraction of sp³-hybridized carbons (Fsp3) is 0.526. The van der Waals surface area contributed by atoms with E-state index in [1.54, 1.807) is 11.8 Å². The minimum atomic E-state index is -0.0599. The van der Waals surface area contributed by atoms with Crippen molar-refractivity contribution in [3.05, 3.63) is 46.9 Å². The van der Waals surface area contributed by atoms with Gasteiger partial charge in [-0.1, -0.05) is 50.1 Å². The lowest BCUT2D eigenvalue weighted by molar-refractivity contribution is -0.131. The molecule has 1 nitrogen and oxygen atoms in total. The largest absolute Gasteiger partial charge is 0.294 e. The molecule has 0 unspecified atom stereocenters. The van der Waals surface area contributed by atoms with Crippen molar-refractivity contribution in [3.63, 3.8) is 0 Å². The molecular weight excluding hydrogens is 276 g/mol. The smallest absolute Gasteiger partial charge is 0.165 e. The number of rotatable bonds is 3. The molecule has 2 saturated carbocycles. The van der Waals surface area contributed by atoms with Crippen molar-refractivity contribution in [1.29, 1.82) is 0 Å². The molecule has 2 heteroatoms. The minimum Gasteiger partial charge on any atom is -0.294 e. The van der Waals surface area contributed by atoms with E-state index in [-0.39, 0.29) is 5.41 Å². The lowest BCUT2D eigenvalue weighted by Crippen LogP contribution is -2.42. The highest BCUT2D eigenvalue weighted by Gasteiger charge is 2.46. The number of carbonyl (C=O) groups excluding carboxylic acids is 1. The molecule has 21 heavy (non-hydrogen) atoms. The van der Waals surface area contributed by atoms with Crippen LogP contribution in [0.4, 0.5) is 0 Å². The number of benzene rings is 1. The molecule has 1 aromatic carbocycles. The van der Waals surface area contributed by atoms with Crippen molar-refractivity contribution < 1.29 is 4.79 Å². The van der Waals surface area contributed by atoms with Crippen molar-refractivity contribution in [2.75, 3.05) is 0 Å². The van der Waals surface area contributed by atoms with Crippen LogP contribution in [-0.2, 0) is 10.5 Å². The molecular formula is C19H24OS. The molecule has 2 aliphatic rings. The predicted octanol–water partition coefficient (Wildman–Crippen LogP) is 5.36. The molecule has 0 aliphatic heterocycles. The van der Waals surface area contributed by atoms with Crippen LogP contribution >= 0.6 is 11.8 Å². The molecule has 1 aromatic rings. The minimum absolute atomic E-state index is 0.0599. The topological polar surface area (TPSA) is 17.1 Å². The van der Waals surface area contributed by atoms with Gasteiger partial charge in [0.25, 0.3) is 0 Å². The van der Waals surface area contributed by atoms with Gasteiger partial charge in [0.1, 0.15) is 0 Å². The van der Waals surface area contributed by atoms with Gasteiger partial charge in [0.2, 0.25) is 0 Å². The van der Waals surface area contributed by atoms with E-state index in [1.807, 2.05) is 6.07 Å². The lowest BCUT2D eigenvalue weighted by Gasteiger charge is -2.44. The Morgan fingerprint density at radius 2 is 2.05 bits per heavy atom. The SMILES string of the molecule is C[C@]12CCCC[C@@H]1CC/C(=C\SCc1ccccc1)C2=O. The first-order valence-corrected chi connectivity index (χ1v) is 9.14. The number of Topliss-reactive ketones (excluding diaryl/α,β-unsaturated/α-hetero) is 1. The van der Waals surface area contributed by atoms with Crippen molar-refractivity contribution in [3.8, 4) is 0 Å². The third-order valence-electron chi connectivity index (χ3n) is 5.29. The first kappa shape index (κ1) is 14.9. The van der Waals surface area contributed by atoms with Crippen molar-refractivity contribution in [2.24, 2.45) is 11.3 Å². The normalized spacial score (nSPS) is 31.2. The number of hydrogen-bond acceptors (Lipinski definition) is 2. The molecule has 0 heterocycles. The zero-order valence-corrected chi connectivity index (χ0v) is 13.6. The summed E-state index contributed by atoms with van der Waals surface area (Å²) in [6.07, 6.45) is 7.09. The maximum atomic E-state index is 12.8. The first-order valence-electron chi connectivity index (χ1n) is 8.09. The highest BCUT2D eigenvalue weighted by Crippen LogP contribution is 2.49. The molecule has 0 aromatic heterocycles. The standard InChI is InChI=1S/C19H24OS/c1-19-12-6-5-9-17(19)11-10-16(18(19)20)14-21-13-15-7-3-2-4-8-15/h2-4,7-8,14,17H,5-6,9-13H2,1H3/b16-14+/t17-,19+/m1/s1. The fourth-order valence-corrected chi connectivity index (χ4v) is 4.80. The monoisotopic (exact) mass is 300 g/mol. The second-order valence-electron chi connectivity index (χ2n) is 6.67. The molecule has 2 fully saturated rings. The number of fused-ring (bicyclic) bond motifs is 1. The Labute approximate surface area is 132 Å². The zero-order valence-electron chi connectivity index (χ0n) is 12.8. The number of thioether (sulfide) groups is 1. The number of hydrogen-bond donors (Lipinski definition) is 0. The summed E-state index contributed by atoms with van der Waals surface area (Å²) in [5.41, 5.74) is 2.34. The number of allylic oxidation sites excluding steroid dienone is 1. The number of ketones is 1. The quantitative estimate of drug-likeness (QED) is 0.699. The summed E-state index contributed by atoms with van der Waals surface area (Å²) in [5.74, 6) is 2.03. The lowest BCUT2D eigenvalue weighted by atomic mass is 9.59. The van der Waals surface area contributed by atoms with Gasteiger partial charge < -0.3 is 0 Å². The summed E-state index contributed by atoms with van der Waals surface area (Å²) in [4.78, 5) is 12.8. The van der Waals surface area contributed by atoms with Crippen LogP contribution < -0.4 is 0 Å². The van der Waals surface area contributed by atoms with Crippen molar-refractivity contribution in [2.45, 2.75) is 51.2 Å². The molecule has 0 radical (unpaired) electrons. The van der Waals surface area contributed by atoms with Gasteiger partial charge in [0, 0.05) is 16.7 Å². The van der Waals surface area contributed by atoms with Gasteiger partial charge in [-0.25, -0.2) is 0 Å². The zero-order chi connectivity index (χ0) is 14.7. The van der Waals surface area contributed by atoms with Gasteiger partial charge in [-0.05, 0) is 42.6 Å². The van der Waals surface area contributed by atoms with E-state index in [0.717, 1.165) is 24.2 Å². The Bertz CT molecular complexity index is 534. The van der Waals surface area contributed by atoms with E-state index in [0.29, 0.717) is 11.7 Å².